The van der Waals surface area contributed by atoms with Crippen molar-refractivity contribution in [3.63, 3.8) is 0 Å². The standard InChI is InChI=1S/C35H37FN6O2Si/c1-35(2,45(44,27-9-5-3-6-10-27)28-11-7-4-8-12-28)20-19-24-13-16-26(17-14-24)42-33-29(39-34(42)43)21-38-32(40-33)30-22-37-31-18-15-25(36)23-41(30)31/h3-12,15,18,21-24,26,44H,13-14,16-17,19-20H2,1-2H3,(H,39,43). The molecule has 1 fully saturated rings. The zero-order valence-electron chi connectivity index (χ0n) is 25.5. The number of imidazole rings is 2. The Morgan fingerprint density at radius 2 is 1.60 bits per heavy atom. The molecule has 0 amide bonds. The molecule has 1 saturated carbocycles. The van der Waals surface area contributed by atoms with E-state index in [1.807, 2.05) is 36.4 Å². The molecule has 8 nitrogen and oxygen atoms in total. The first-order valence-corrected chi connectivity index (χ1v) is 17.6. The monoisotopic (exact) mass is 620 g/mol. The van der Waals surface area contributed by atoms with Crippen molar-refractivity contribution in [3.05, 3.63) is 108 Å². The number of hydrogen-bond donors (Lipinski definition) is 2. The summed E-state index contributed by atoms with van der Waals surface area (Å²) in [5, 5.41) is 1.80. The highest BCUT2D eigenvalue weighted by Crippen LogP contribution is 2.43. The van der Waals surface area contributed by atoms with E-state index in [4.69, 9.17) is 4.98 Å². The molecule has 0 radical (unpaired) electrons. The summed E-state index contributed by atoms with van der Waals surface area (Å²) in [6, 6.07) is 23.4. The van der Waals surface area contributed by atoms with E-state index in [0.29, 0.717) is 34.2 Å². The summed E-state index contributed by atoms with van der Waals surface area (Å²) in [6.45, 7) is 4.46. The lowest BCUT2D eigenvalue weighted by Crippen LogP contribution is -2.65. The van der Waals surface area contributed by atoms with Crippen molar-refractivity contribution < 1.29 is 9.19 Å². The van der Waals surface area contributed by atoms with Gasteiger partial charge in [0.1, 0.15) is 22.7 Å². The van der Waals surface area contributed by atoms with Crippen molar-refractivity contribution in [3.8, 4) is 11.5 Å². The van der Waals surface area contributed by atoms with E-state index in [0.717, 1.165) is 48.9 Å². The molecule has 1 aliphatic carbocycles. The number of nitrogens with zero attached hydrogens (tertiary/aromatic N) is 5. The minimum atomic E-state index is -3.05. The number of rotatable bonds is 8. The van der Waals surface area contributed by atoms with Crippen LogP contribution in [-0.2, 0) is 0 Å². The van der Waals surface area contributed by atoms with E-state index in [1.165, 1.54) is 12.3 Å². The molecule has 0 spiro atoms. The molecule has 6 aromatic rings. The van der Waals surface area contributed by atoms with E-state index in [1.54, 1.807) is 27.4 Å². The lowest BCUT2D eigenvalue weighted by molar-refractivity contribution is 0.252. The van der Waals surface area contributed by atoms with E-state index in [9.17, 15) is 14.0 Å². The van der Waals surface area contributed by atoms with Gasteiger partial charge >= 0.3 is 5.69 Å². The second-order valence-corrected chi connectivity index (χ2v) is 16.9. The Morgan fingerprint density at radius 3 is 2.27 bits per heavy atom. The van der Waals surface area contributed by atoms with Gasteiger partial charge in [-0.15, -0.1) is 0 Å². The van der Waals surface area contributed by atoms with Crippen LogP contribution in [0.25, 0.3) is 28.3 Å². The SMILES string of the molecule is CC(C)(CCC1CCC(n2c(=O)[nH]c3cnc(-c4cnc5ccc(F)cn45)nc32)CC1)[Si](O)(c1ccccc1)c1ccccc1. The predicted molar refractivity (Wildman–Crippen MR) is 177 cm³/mol. The predicted octanol–water partition coefficient (Wildman–Crippen LogP) is 5.62. The number of fused-ring (bicyclic) bond motifs is 2. The Morgan fingerprint density at radius 1 is 0.933 bits per heavy atom. The molecule has 2 aromatic carbocycles. The third-order valence-electron chi connectivity index (χ3n) is 9.88. The highest BCUT2D eigenvalue weighted by Gasteiger charge is 2.49. The number of nitrogens with one attached hydrogen (secondary N) is 1. The molecule has 230 valence electrons. The van der Waals surface area contributed by atoms with Gasteiger partial charge in [0, 0.05) is 12.2 Å². The zero-order valence-corrected chi connectivity index (χ0v) is 26.5. The van der Waals surface area contributed by atoms with Crippen molar-refractivity contribution in [1.82, 2.24) is 28.9 Å². The van der Waals surface area contributed by atoms with Crippen LogP contribution in [0.5, 0.6) is 0 Å². The van der Waals surface area contributed by atoms with Gasteiger partial charge in [-0.3, -0.25) is 8.97 Å². The molecule has 1 aliphatic rings. The normalized spacial score (nSPS) is 17.7. The summed E-state index contributed by atoms with van der Waals surface area (Å²) in [5.74, 6) is 0.524. The highest BCUT2D eigenvalue weighted by molar-refractivity contribution is 6.98. The van der Waals surface area contributed by atoms with Crippen LogP contribution in [0.3, 0.4) is 0 Å². The Bertz CT molecular complexity index is 1970. The van der Waals surface area contributed by atoms with Gasteiger partial charge in [0.05, 0.1) is 12.4 Å². The minimum Gasteiger partial charge on any atom is -0.424 e. The van der Waals surface area contributed by atoms with Crippen molar-refractivity contribution in [2.45, 2.75) is 63.5 Å². The maximum absolute atomic E-state index is 14.0. The average Bonchev–Trinajstić information content (AvgIpc) is 3.63. The van der Waals surface area contributed by atoms with Gasteiger partial charge in [-0.25, -0.2) is 24.1 Å². The smallest absolute Gasteiger partial charge is 0.327 e. The Labute approximate surface area is 261 Å². The summed E-state index contributed by atoms with van der Waals surface area (Å²) < 4.78 is 17.4. The molecule has 0 unspecified atom stereocenters. The number of benzene rings is 2. The van der Waals surface area contributed by atoms with E-state index >= 15 is 0 Å². The fraction of sp³-hybridized carbons (Fsp3) is 0.314. The molecule has 0 aliphatic heterocycles. The van der Waals surface area contributed by atoms with Gasteiger partial charge in [0.25, 0.3) is 8.32 Å². The number of aromatic nitrogens is 6. The van der Waals surface area contributed by atoms with Gasteiger partial charge in [-0.1, -0.05) is 80.9 Å². The molecule has 0 bridgehead atoms. The number of hydrogen-bond acceptors (Lipinski definition) is 5. The second kappa shape index (κ2) is 11.5. The topological polar surface area (TPSA) is 101 Å². The molecule has 0 saturated heterocycles. The molecular formula is C35H37FN6O2Si. The van der Waals surface area contributed by atoms with E-state index in [-0.39, 0.29) is 22.6 Å². The summed E-state index contributed by atoms with van der Waals surface area (Å²) >= 11 is 0. The summed E-state index contributed by atoms with van der Waals surface area (Å²) in [4.78, 5) is 42.2. The van der Waals surface area contributed by atoms with Gasteiger partial charge in [0.2, 0.25) is 0 Å². The third-order valence-corrected chi connectivity index (χ3v) is 14.4. The molecule has 7 rings (SSSR count). The summed E-state index contributed by atoms with van der Waals surface area (Å²) in [6.07, 6.45) is 10.3. The molecule has 2 N–H and O–H groups in total. The highest BCUT2D eigenvalue weighted by atomic mass is 28.4. The Kier molecular flexibility index (Phi) is 7.49. The second-order valence-electron chi connectivity index (χ2n) is 13.0. The van der Waals surface area contributed by atoms with Crippen LogP contribution in [-0.4, -0.2) is 42.0 Å². The summed E-state index contributed by atoms with van der Waals surface area (Å²) in [5.41, 5.74) is 2.11. The first-order chi connectivity index (χ1) is 21.7. The largest absolute Gasteiger partial charge is 0.424 e. The van der Waals surface area contributed by atoms with Gasteiger partial charge in [-0.2, -0.15) is 0 Å². The molecule has 0 atom stereocenters. The molecule has 4 aromatic heterocycles. The van der Waals surface area contributed by atoms with Crippen molar-refractivity contribution in [2.75, 3.05) is 0 Å². The Hall–Kier alpha value is -4.41. The fourth-order valence-electron chi connectivity index (χ4n) is 7.24. The van der Waals surface area contributed by atoms with E-state index in [2.05, 4.69) is 53.1 Å². The first-order valence-electron chi connectivity index (χ1n) is 15.7. The van der Waals surface area contributed by atoms with Crippen LogP contribution in [0.2, 0.25) is 5.04 Å². The molecule has 45 heavy (non-hydrogen) atoms. The van der Waals surface area contributed by atoms with Crippen LogP contribution < -0.4 is 16.1 Å². The first kappa shape index (κ1) is 29.3. The number of aromatic amines is 1. The molecule has 4 heterocycles. The Balaban J connectivity index is 1.09. The lowest BCUT2D eigenvalue weighted by atomic mass is 9.82. The number of pyridine rings is 1. The fourth-order valence-corrected chi connectivity index (χ4v) is 11.0. The van der Waals surface area contributed by atoms with Crippen molar-refractivity contribution in [2.24, 2.45) is 5.92 Å². The summed E-state index contributed by atoms with van der Waals surface area (Å²) in [7, 11) is -3.05. The molecular weight excluding hydrogens is 584 g/mol. The van der Waals surface area contributed by atoms with Crippen molar-refractivity contribution >= 4 is 35.5 Å². The molecule has 10 heteroatoms. The van der Waals surface area contributed by atoms with Crippen LogP contribution in [0, 0.1) is 11.7 Å². The van der Waals surface area contributed by atoms with Crippen molar-refractivity contribution in [1.29, 1.82) is 0 Å². The third kappa shape index (κ3) is 5.21. The van der Waals surface area contributed by atoms with E-state index < -0.39 is 8.32 Å². The van der Waals surface area contributed by atoms with Crippen LogP contribution in [0.4, 0.5) is 4.39 Å². The van der Waals surface area contributed by atoms with Crippen LogP contribution >= 0.6 is 0 Å². The lowest BCUT2D eigenvalue weighted by Gasteiger charge is -2.42. The zero-order chi connectivity index (χ0) is 31.2. The number of halogens is 1. The van der Waals surface area contributed by atoms with Crippen LogP contribution in [0.15, 0.2) is 96.2 Å². The maximum Gasteiger partial charge on any atom is 0.327 e. The van der Waals surface area contributed by atoms with Gasteiger partial charge < -0.3 is 9.78 Å². The quantitative estimate of drug-likeness (QED) is 0.215. The van der Waals surface area contributed by atoms with Gasteiger partial charge in [-0.05, 0) is 65.6 Å². The average molecular weight is 621 g/mol. The maximum atomic E-state index is 14.0. The number of H-pyrrole nitrogens is 1. The van der Waals surface area contributed by atoms with Crippen LogP contribution in [0.1, 0.15) is 58.4 Å². The van der Waals surface area contributed by atoms with Gasteiger partial charge in [0.15, 0.2) is 11.5 Å². The minimum absolute atomic E-state index is 0.0258.